The Kier molecular flexibility index (Phi) is 5.36. The van der Waals surface area contributed by atoms with Gasteiger partial charge < -0.3 is 10.1 Å². The highest BCUT2D eigenvalue weighted by Gasteiger charge is 2.13. The Labute approximate surface area is 151 Å². The second kappa shape index (κ2) is 7.85. The highest BCUT2D eigenvalue weighted by molar-refractivity contribution is 6.30. The van der Waals surface area contributed by atoms with Gasteiger partial charge in [-0.05, 0) is 36.8 Å². The highest BCUT2D eigenvalue weighted by atomic mass is 35.5. The number of carbonyl (C=O) groups is 1. The van der Waals surface area contributed by atoms with E-state index in [0.29, 0.717) is 16.5 Å². The van der Waals surface area contributed by atoms with E-state index in [0.717, 1.165) is 5.56 Å². The summed E-state index contributed by atoms with van der Waals surface area (Å²) in [6.45, 7) is 2.13. The van der Waals surface area contributed by atoms with E-state index in [9.17, 15) is 4.79 Å². The molecule has 0 fully saturated rings. The molecule has 0 aliphatic carbocycles. The number of ether oxygens (including phenoxy) is 1. The van der Waals surface area contributed by atoms with E-state index in [4.69, 9.17) is 16.3 Å². The molecule has 1 atom stereocenters. The van der Waals surface area contributed by atoms with Crippen molar-refractivity contribution in [3.63, 3.8) is 0 Å². The van der Waals surface area contributed by atoms with Gasteiger partial charge in [-0.15, -0.1) is 0 Å². The molecule has 0 bridgehead atoms. The second-order valence-electron chi connectivity index (χ2n) is 5.58. The van der Waals surface area contributed by atoms with Crippen LogP contribution < -0.4 is 10.1 Å². The van der Waals surface area contributed by atoms with Crippen LogP contribution in [-0.2, 0) is 6.73 Å². The lowest BCUT2D eigenvalue weighted by Crippen LogP contribution is -2.27. The van der Waals surface area contributed by atoms with Crippen LogP contribution in [0, 0.1) is 0 Å². The number of nitrogens with zero attached hydrogens (tertiary/aromatic N) is 2. The Balaban J connectivity index is 1.58. The number of amides is 1. The van der Waals surface area contributed by atoms with Crippen LogP contribution in [0.4, 0.5) is 0 Å². The Morgan fingerprint density at radius 1 is 1.20 bits per heavy atom. The summed E-state index contributed by atoms with van der Waals surface area (Å²) in [5.41, 5.74) is 1.39. The van der Waals surface area contributed by atoms with Gasteiger partial charge in [-0.25, -0.2) is 4.68 Å². The molecule has 0 radical (unpaired) electrons. The molecule has 1 heterocycles. The molecule has 6 heteroatoms. The van der Waals surface area contributed by atoms with Gasteiger partial charge in [0.25, 0.3) is 5.91 Å². The van der Waals surface area contributed by atoms with Crippen LogP contribution in [0.2, 0.25) is 5.02 Å². The van der Waals surface area contributed by atoms with Crippen LogP contribution in [0.3, 0.4) is 0 Å². The van der Waals surface area contributed by atoms with E-state index in [1.165, 1.54) is 0 Å². The maximum absolute atomic E-state index is 12.3. The van der Waals surface area contributed by atoms with Crippen molar-refractivity contribution in [2.24, 2.45) is 0 Å². The first-order valence-corrected chi connectivity index (χ1v) is 8.27. The molecular weight excluding hydrogens is 338 g/mol. The molecule has 1 aromatic heterocycles. The quantitative estimate of drug-likeness (QED) is 0.725. The van der Waals surface area contributed by atoms with E-state index >= 15 is 0 Å². The van der Waals surface area contributed by atoms with E-state index in [2.05, 4.69) is 10.4 Å². The Morgan fingerprint density at radius 2 is 2.00 bits per heavy atom. The number of halogens is 1. The first kappa shape index (κ1) is 17.0. The zero-order chi connectivity index (χ0) is 17.6. The minimum absolute atomic E-state index is 0.0958. The average molecular weight is 356 g/mol. The smallest absolute Gasteiger partial charge is 0.272 e. The molecule has 0 spiro atoms. The molecule has 0 aliphatic heterocycles. The summed E-state index contributed by atoms with van der Waals surface area (Å²) in [6, 6.07) is 18.5. The fourth-order valence-electron chi connectivity index (χ4n) is 2.35. The molecule has 1 amide bonds. The first-order valence-electron chi connectivity index (χ1n) is 7.89. The Morgan fingerprint density at radius 3 is 2.76 bits per heavy atom. The van der Waals surface area contributed by atoms with Crippen molar-refractivity contribution in [1.82, 2.24) is 15.1 Å². The summed E-state index contributed by atoms with van der Waals surface area (Å²) >= 11 is 5.92. The van der Waals surface area contributed by atoms with Crippen LogP contribution in [0.1, 0.15) is 29.0 Å². The maximum atomic E-state index is 12.3. The van der Waals surface area contributed by atoms with Gasteiger partial charge in [-0.2, -0.15) is 5.10 Å². The lowest BCUT2D eigenvalue weighted by molar-refractivity contribution is 0.0932. The molecule has 0 aliphatic rings. The molecule has 128 valence electrons. The third-order valence-corrected chi connectivity index (χ3v) is 3.92. The highest BCUT2D eigenvalue weighted by Crippen LogP contribution is 2.17. The predicted molar refractivity (Wildman–Crippen MR) is 96.6 cm³/mol. The van der Waals surface area contributed by atoms with Crippen LogP contribution in [0.25, 0.3) is 0 Å². The van der Waals surface area contributed by atoms with Crippen molar-refractivity contribution in [1.29, 1.82) is 0 Å². The van der Waals surface area contributed by atoms with Crippen LogP contribution in [0.5, 0.6) is 5.75 Å². The SMILES string of the molecule is CC(NC(=O)c1ccn(COc2cccc(Cl)c2)n1)c1ccccc1. The molecule has 3 rings (SSSR count). The van der Waals surface area contributed by atoms with Gasteiger partial charge in [0.15, 0.2) is 6.73 Å². The number of benzene rings is 2. The average Bonchev–Trinajstić information content (AvgIpc) is 3.10. The van der Waals surface area contributed by atoms with Crippen molar-refractivity contribution in [2.45, 2.75) is 19.7 Å². The third-order valence-electron chi connectivity index (χ3n) is 3.68. The molecule has 0 saturated carbocycles. The van der Waals surface area contributed by atoms with E-state index in [1.807, 2.05) is 49.4 Å². The van der Waals surface area contributed by atoms with Crippen LogP contribution in [-0.4, -0.2) is 15.7 Å². The molecule has 3 aromatic rings. The molecule has 1 unspecified atom stereocenters. The second-order valence-corrected chi connectivity index (χ2v) is 6.01. The van der Waals surface area contributed by atoms with Crippen molar-refractivity contribution >= 4 is 17.5 Å². The van der Waals surface area contributed by atoms with Crippen LogP contribution in [0.15, 0.2) is 66.9 Å². The van der Waals surface area contributed by atoms with Crippen molar-refractivity contribution in [3.8, 4) is 5.75 Å². The molecule has 1 N–H and O–H groups in total. The zero-order valence-corrected chi connectivity index (χ0v) is 14.5. The topological polar surface area (TPSA) is 56.2 Å². The lowest BCUT2D eigenvalue weighted by Gasteiger charge is -2.13. The van der Waals surface area contributed by atoms with Crippen molar-refractivity contribution in [2.75, 3.05) is 0 Å². The number of carbonyl (C=O) groups excluding carboxylic acids is 1. The summed E-state index contributed by atoms with van der Waals surface area (Å²) in [6.07, 6.45) is 1.70. The first-order chi connectivity index (χ1) is 12.1. The Bertz CT molecular complexity index is 849. The number of rotatable bonds is 6. The Hall–Kier alpha value is -2.79. The lowest BCUT2D eigenvalue weighted by atomic mass is 10.1. The van der Waals surface area contributed by atoms with Crippen molar-refractivity contribution < 1.29 is 9.53 Å². The molecule has 0 saturated heterocycles. The van der Waals surface area contributed by atoms with Gasteiger partial charge >= 0.3 is 0 Å². The third kappa shape index (κ3) is 4.61. The van der Waals surface area contributed by atoms with Crippen molar-refractivity contribution in [3.05, 3.63) is 83.1 Å². The van der Waals surface area contributed by atoms with E-state index in [-0.39, 0.29) is 18.7 Å². The standard InChI is InChI=1S/C19H18ClN3O2/c1-14(15-6-3-2-4-7-15)21-19(24)18-10-11-23(22-18)13-25-17-9-5-8-16(20)12-17/h2-12,14H,13H2,1H3,(H,21,24). The fraction of sp³-hybridized carbons (Fsp3) is 0.158. The fourth-order valence-corrected chi connectivity index (χ4v) is 2.53. The number of nitrogens with one attached hydrogen (secondary N) is 1. The summed E-state index contributed by atoms with van der Waals surface area (Å²) in [5.74, 6) is 0.421. The summed E-state index contributed by atoms with van der Waals surface area (Å²) in [7, 11) is 0. The monoisotopic (exact) mass is 355 g/mol. The summed E-state index contributed by atoms with van der Waals surface area (Å²) < 4.78 is 7.16. The number of hydrogen-bond donors (Lipinski definition) is 1. The number of aromatic nitrogens is 2. The maximum Gasteiger partial charge on any atom is 0.272 e. The van der Waals surface area contributed by atoms with Crippen LogP contribution >= 0.6 is 11.6 Å². The largest absolute Gasteiger partial charge is 0.471 e. The molecule has 2 aromatic carbocycles. The van der Waals surface area contributed by atoms with E-state index < -0.39 is 0 Å². The minimum Gasteiger partial charge on any atom is -0.471 e. The summed E-state index contributed by atoms with van der Waals surface area (Å²) in [5, 5.41) is 7.78. The van der Waals surface area contributed by atoms with Gasteiger partial charge in [0.05, 0.1) is 6.04 Å². The summed E-state index contributed by atoms with van der Waals surface area (Å²) in [4.78, 5) is 12.3. The van der Waals surface area contributed by atoms with Gasteiger partial charge in [0, 0.05) is 11.2 Å². The number of hydrogen-bond acceptors (Lipinski definition) is 3. The minimum atomic E-state index is -0.224. The van der Waals surface area contributed by atoms with Gasteiger partial charge in [0.2, 0.25) is 0 Å². The normalized spacial score (nSPS) is 11.8. The molecular formula is C19H18ClN3O2. The zero-order valence-electron chi connectivity index (χ0n) is 13.7. The van der Waals surface area contributed by atoms with Gasteiger partial charge in [-0.1, -0.05) is 48.0 Å². The molecule has 5 nitrogen and oxygen atoms in total. The molecule has 25 heavy (non-hydrogen) atoms. The van der Waals surface area contributed by atoms with Gasteiger partial charge in [-0.3, -0.25) is 4.79 Å². The van der Waals surface area contributed by atoms with E-state index in [1.54, 1.807) is 29.1 Å². The van der Waals surface area contributed by atoms with Gasteiger partial charge in [0.1, 0.15) is 11.4 Å². The predicted octanol–water partition coefficient (Wildman–Crippen LogP) is 4.06.